The highest BCUT2D eigenvalue weighted by Crippen LogP contribution is 2.21. The van der Waals surface area contributed by atoms with Crippen LogP contribution in [-0.2, 0) is 21.4 Å². The molecule has 1 aromatic heterocycles. The number of piperazine rings is 1. The van der Waals surface area contributed by atoms with Gasteiger partial charge in [-0.2, -0.15) is 4.31 Å². The summed E-state index contributed by atoms with van der Waals surface area (Å²) in [6.07, 6.45) is 0.527. The molecule has 0 aliphatic carbocycles. The fourth-order valence-electron chi connectivity index (χ4n) is 4.81. The van der Waals surface area contributed by atoms with E-state index in [1.165, 1.54) is 4.31 Å². The van der Waals surface area contributed by atoms with Crippen molar-refractivity contribution < 1.29 is 28.0 Å². The second-order valence-electron chi connectivity index (χ2n) is 9.71. The molecule has 1 unspecified atom stereocenters. The van der Waals surface area contributed by atoms with Crippen LogP contribution in [0.5, 0.6) is 5.75 Å². The fraction of sp³-hybridized carbons (Fsp3) is 0.393. The summed E-state index contributed by atoms with van der Waals surface area (Å²) in [4.78, 5) is 31.5. The van der Waals surface area contributed by atoms with Gasteiger partial charge < -0.3 is 10.1 Å². The van der Waals surface area contributed by atoms with Crippen LogP contribution in [0.3, 0.4) is 0 Å². The zero-order valence-electron chi connectivity index (χ0n) is 22.7. The van der Waals surface area contributed by atoms with Gasteiger partial charge in [0.15, 0.2) is 0 Å². The number of hydrogen-bond donors (Lipinski definition) is 3. The number of ether oxygens (including phenoxy) is 1. The summed E-state index contributed by atoms with van der Waals surface area (Å²) in [6.45, 7) is 5.12. The van der Waals surface area contributed by atoms with Crippen molar-refractivity contribution in [3.63, 3.8) is 0 Å². The number of hydrogen-bond acceptors (Lipinski definition) is 8. The van der Waals surface area contributed by atoms with Crippen LogP contribution in [0.2, 0.25) is 0 Å². The van der Waals surface area contributed by atoms with Gasteiger partial charge in [0, 0.05) is 54.9 Å². The minimum atomic E-state index is -3.33. The second kappa shape index (κ2) is 13.2. The number of para-hydroxylation sites is 1. The number of sulfonamides is 1. The largest absolute Gasteiger partial charge is 0.489 e. The van der Waals surface area contributed by atoms with Crippen molar-refractivity contribution in [3.8, 4) is 5.75 Å². The summed E-state index contributed by atoms with van der Waals surface area (Å²) in [5, 5.41) is 13.0. The summed E-state index contributed by atoms with van der Waals surface area (Å²) in [5.74, 6) is -0.383. The number of hydroxylamine groups is 1. The molecule has 214 valence electrons. The number of fused-ring (bicyclic) bond motifs is 1. The minimum Gasteiger partial charge on any atom is -0.489 e. The van der Waals surface area contributed by atoms with E-state index in [1.807, 2.05) is 44.2 Å². The van der Waals surface area contributed by atoms with Crippen molar-refractivity contribution in [3.05, 3.63) is 71.4 Å². The summed E-state index contributed by atoms with van der Waals surface area (Å²) in [5.41, 5.74) is 4.86. The first-order chi connectivity index (χ1) is 19.2. The average Bonchev–Trinajstić information content (AvgIpc) is 2.96. The van der Waals surface area contributed by atoms with Crippen LogP contribution >= 0.6 is 0 Å². The molecule has 2 amide bonds. The zero-order valence-corrected chi connectivity index (χ0v) is 23.5. The van der Waals surface area contributed by atoms with Crippen molar-refractivity contribution in [1.29, 1.82) is 0 Å². The lowest BCUT2D eigenvalue weighted by atomic mass is 10.1. The molecule has 2 heterocycles. The minimum absolute atomic E-state index is 0.0559. The number of aryl methyl sites for hydroxylation is 1. The summed E-state index contributed by atoms with van der Waals surface area (Å²) < 4.78 is 32.1. The van der Waals surface area contributed by atoms with E-state index in [2.05, 4.69) is 10.3 Å². The van der Waals surface area contributed by atoms with Gasteiger partial charge in [0.05, 0.1) is 11.3 Å². The monoisotopic (exact) mass is 569 g/mol. The third-order valence-corrected chi connectivity index (χ3v) is 8.96. The smallest absolute Gasteiger partial charge is 0.262 e. The van der Waals surface area contributed by atoms with Gasteiger partial charge in [0.1, 0.15) is 18.4 Å². The summed E-state index contributed by atoms with van der Waals surface area (Å²) in [6, 6.07) is 15.7. The predicted octanol–water partition coefficient (Wildman–Crippen LogP) is 2.08. The van der Waals surface area contributed by atoms with Gasteiger partial charge in [-0.1, -0.05) is 25.1 Å². The highest BCUT2D eigenvalue weighted by molar-refractivity contribution is 7.89. The van der Waals surface area contributed by atoms with E-state index in [4.69, 9.17) is 4.74 Å². The van der Waals surface area contributed by atoms with Crippen molar-refractivity contribution in [2.75, 3.05) is 38.5 Å². The van der Waals surface area contributed by atoms with Crippen molar-refractivity contribution in [2.45, 2.75) is 32.9 Å². The first-order valence-electron chi connectivity index (χ1n) is 13.2. The molecule has 1 aliphatic heterocycles. The Kier molecular flexibility index (Phi) is 9.69. The quantitative estimate of drug-likeness (QED) is 0.236. The molecule has 0 saturated carbocycles. The molecule has 11 nitrogen and oxygen atoms in total. The molecule has 1 fully saturated rings. The average molecular weight is 570 g/mol. The fourth-order valence-corrected chi connectivity index (χ4v) is 6.31. The Bertz CT molecular complexity index is 1440. The molecular formula is C28H35N5O6S. The van der Waals surface area contributed by atoms with Gasteiger partial charge >= 0.3 is 0 Å². The standard InChI is InChI=1S/C28H35N5O6S/c1-3-16-40(37,38)33-14-12-32(13-15-33)26(28(35)31-36)18-29-27(34)21-8-10-23(11-9-21)39-19-22-17-20(2)30-25-7-5-4-6-24(22)25/h4-11,17,26,36H,3,12-16,18-19H2,1-2H3,(H,29,34)(H,31,35). The number of aromatic nitrogens is 1. The number of pyridine rings is 1. The first-order valence-corrected chi connectivity index (χ1v) is 14.8. The number of rotatable bonds is 11. The molecule has 0 bridgehead atoms. The highest BCUT2D eigenvalue weighted by Gasteiger charge is 2.32. The number of carbonyl (C=O) groups excluding carboxylic acids is 2. The maximum atomic E-state index is 12.8. The van der Waals surface area contributed by atoms with E-state index in [0.29, 0.717) is 37.4 Å². The molecule has 0 radical (unpaired) electrons. The molecule has 4 rings (SSSR count). The van der Waals surface area contributed by atoms with Crippen LogP contribution in [0.15, 0.2) is 54.6 Å². The molecule has 12 heteroatoms. The normalized spacial score (nSPS) is 15.5. The maximum absolute atomic E-state index is 12.8. The Hall–Kier alpha value is -3.58. The van der Waals surface area contributed by atoms with Crippen LogP contribution in [0, 0.1) is 6.92 Å². The Morgan fingerprint density at radius 2 is 1.77 bits per heavy atom. The molecule has 1 saturated heterocycles. The third kappa shape index (κ3) is 7.13. The molecule has 2 aromatic carbocycles. The maximum Gasteiger partial charge on any atom is 0.262 e. The molecular weight excluding hydrogens is 534 g/mol. The van der Waals surface area contributed by atoms with Crippen LogP contribution in [0.25, 0.3) is 10.9 Å². The summed E-state index contributed by atoms with van der Waals surface area (Å²) >= 11 is 0. The molecule has 3 aromatic rings. The lowest BCUT2D eigenvalue weighted by Crippen LogP contribution is -2.58. The van der Waals surface area contributed by atoms with Gasteiger partial charge in [0.25, 0.3) is 11.8 Å². The van der Waals surface area contributed by atoms with Crippen LogP contribution in [0.1, 0.15) is 35.0 Å². The van der Waals surface area contributed by atoms with E-state index in [9.17, 15) is 23.2 Å². The SMILES string of the molecule is CCCS(=O)(=O)N1CCN(C(CNC(=O)c2ccc(OCc3cc(C)nc4ccccc34)cc2)C(=O)NO)CC1. The van der Waals surface area contributed by atoms with E-state index in [-0.39, 0.29) is 31.3 Å². The number of carbonyl (C=O) groups is 2. The van der Waals surface area contributed by atoms with Gasteiger partial charge in [-0.15, -0.1) is 0 Å². The van der Waals surface area contributed by atoms with Gasteiger partial charge in [0.2, 0.25) is 10.0 Å². The lowest BCUT2D eigenvalue weighted by Gasteiger charge is -2.37. The van der Waals surface area contributed by atoms with Crippen LogP contribution < -0.4 is 15.5 Å². The Morgan fingerprint density at radius 1 is 1.07 bits per heavy atom. The molecule has 1 atom stereocenters. The van der Waals surface area contributed by atoms with E-state index in [1.54, 1.807) is 34.6 Å². The van der Waals surface area contributed by atoms with Gasteiger partial charge in [-0.25, -0.2) is 13.9 Å². The number of nitrogens with zero attached hydrogens (tertiary/aromatic N) is 3. The topological polar surface area (TPSA) is 141 Å². The predicted molar refractivity (Wildman–Crippen MR) is 151 cm³/mol. The molecule has 40 heavy (non-hydrogen) atoms. The highest BCUT2D eigenvalue weighted by atomic mass is 32.2. The number of nitrogens with one attached hydrogen (secondary N) is 2. The molecule has 0 spiro atoms. The van der Waals surface area contributed by atoms with Gasteiger partial charge in [-0.05, 0) is 49.7 Å². The van der Waals surface area contributed by atoms with E-state index >= 15 is 0 Å². The Morgan fingerprint density at radius 3 is 2.45 bits per heavy atom. The number of benzene rings is 2. The number of amides is 2. The van der Waals surface area contributed by atoms with Crippen LogP contribution in [0.4, 0.5) is 0 Å². The van der Waals surface area contributed by atoms with Crippen molar-refractivity contribution >= 4 is 32.7 Å². The third-order valence-electron chi connectivity index (χ3n) is 6.88. The molecule has 1 aliphatic rings. The van der Waals surface area contributed by atoms with Gasteiger partial charge in [-0.3, -0.25) is 24.7 Å². The second-order valence-corrected chi connectivity index (χ2v) is 11.8. The lowest BCUT2D eigenvalue weighted by molar-refractivity contribution is -0.135. The Balaban J connectivity index is 1.33. The van der Waals surface area contributed by atoms with Crippen LogP contribution in [-0.4, -0.2) is 84.1 Å². The van der Waals surface area contributed by atoms with Crippen molar-refractivity contribution in [2.24, 2.45) is 0 Å². The van der Waals surface area contributed by atoms with E-state index in [0.717, 1.165) is 22.2 Å². The van der Waals surface area contributed by atoms with E-state index < -0.39 is 22.0 Å². The first kappa shape index (κ1) is 29.4. The Labute approximate surface area is 234 Å². The van der Waals surface area contributed by atoms with Crippen molar-refractivity contribution in [1.82, 2.24) is 25.0 Å². The summed E-state index contributed by atoms with van der Waals surface area (Å²) in [7, 11) is -3.33. The zero-order chi connectivity index (χ0) is 28.7. The molecule has 3 N–H and O–H groups in total.